The SMILES string of the molecule is C=CC[C@H](NC(=O)OC(C)(C)C)C(=O)N1C(=O)N(C)[C@@H](C)[C@H]1c1ccccc1. The third-order valence-corrected chi connectivity index (χ3v) is 4.62. The first-order chi connectivity index (χ1) is 13.1. The molecule has 152 valence electrons. The molecule has 1 aliphatic heterocycles. The molecular weight excluding hydrogens is 358 g/mol. The number of carbonyl (C=O) groups is 3. The third kappa shape index (κ3) is 4.71. The van der Waals surface area contributed by atoms with E-state index >= 15 is 0 Å². The summed E-state index contributed by atoms with van der Waals surface area (Å²) in [6, 6.07) is 7.40. The zero-order valence-corrected chi connectivity index (χ0v) is 17.1. The first-order valence-corrected chi connectivity index (χ1v) is 9.32. The number of rotatable bonds is 5. The minimum absolute atomic E-state index is 0.182. The van der Waals surface area contributed by atoms with Crippen LogP contribution < -0.4 is 5.32 Å². The normalized spacial score (nSPS) is 20.7. The number of benzene rings is 1. The van der Waals surface area contributed by atoms with Gasteiger partial charge in [0.2, 0.25) is 0 Å². The number of hydrogen-bond donors (Lipinski definition) is 1. The second kappa shape index (κ2) is 8.46. The van der Waals surface area contributed by atoms with Crippen molar-refractivity contribution in [2.75, 3.05) is 7.05 Å². The highest BCUT2D eigenvalue weighted by Gasteiger charge is 2.47. The number of likely N-dealkylation sites (N-methyl/N-ethyl adjacent to an activating group) is 1. The minimum Gasteiger partial charge on any atom is -0.444 e. The molecule has 0 bridgehead atoms. The lowest BCUT2D eigenvalue weighted by Gasteiger charge is -2.28. The van der Waals surface area contributed by atoms with Gasteiger partial charge >= 0.3 is 12.1 Å². The van der Waals surface area contributed by atoms with Gasteiger partial charge in [0.05, 0.1) is 12.1 Å². The van der Waals surface area contributed by atoms with Crippen molar-refractivity contribution in [3.8, 4) is 0 Å². The molecule has 0 spiro atoms. The number of nitrogens with one attached hydrogen (secondary N) is 1. The van der Waals surface area contributed by atoms with Crippen molar-refractivity contribution in [2.24, 2.45) is 0 Å². The minimum atomic E-state index is -0.943. The molecule has 28 heavy (non-hydrogen) atoms. The first kappa shape index (κ1) is 21.5. The molecule has 0 radical (unpaired) electrons. The third-order valence-electron chi connectivity index (χ3n) is 4.62. The summed E-state index contributed by atoms with van der Waals surface area (Å²) in [5.74, 6) is -0.485. The van der Waals surface area contributed by atoms with E-state index in [4.69, 9.17) is 4.74 Å². The Kier molecular flexibility index (Phi) is 6.48. The van der Waals surface area contributed by atoms with E-state index in [1.165, 1.54) is 15.9 Å². The van der Waals surface area contributed by atoms with Gasteiger partial charge in [-0.3, -0.25) is 9.69 Å². The van der Waals surface area contributed by atoms with E-state index in [0.29, 0.717) is 0 Å². The number of nitrogens with zero attached hydrogens (tertiary/aromatic N) is 2. The lowest BCUT2D eigenvalue weighted by Crippen LogP contribution is -2.51. The zero-order chi connectivity index (χ0) is 21.1. The number of ether oxygens (including phenoxy) is 1. The van der Waals surface area contributed by atoms with Crippen LogP contribution in [0.25, 0.3) is 0 Å². The largest absolute Gasteiger partial charge is 0.444 e. The van der Waals surface area contributed by atoms with Gasteiger partial charge in [0.25, 0.3) is 5.91 Å². The van der Waals surface area contributed by atoms with Gasteiger partial charge in [-0.05, 0) is 39.7 Å². The van der Waals surface area contributed by atoms with E-state index in [2.05, 4.69) is 11.9 Å². The number of imide groups is 1. The molecule has 1 aliphatic rings. The van der Waals surface area contributed by atoms with Crippen LogP contribution in [0, 0.1) is 0 Å². The fraction of sp³-hybridized carbons (Fsp3) is 0.476. The number of amides is 4. The number of hydrogen-bond acceptors (Lipinski definition) is 4. The number of alkyl carbamates (subject to hydrolysis) is 1. The average molecular weight is 387 g/mol. The van der Waals surface area contributed by atoms with Crippen LogP contribution in [0.5, 0.6) is 0 Å². The summed E-state index contributed by atoms with van der Waals surface area (Å²) in [4.78, 5) is 41.1. The molecule has 0 saturated carbocycles. The summed E-state index contributed by atoms with van der Waals surface area (Å²) in [7, 11) is 1.67. The molecule has 1 N–H and O–H groups in total. The van der Waals surface area contributed by atoms with Crippen LogP contribution in [0.4, 0.5) is 9.59 Å². The first-order valence-electron chi connectivity index (χ1n) is 9.32. The Morgan fingerprint density at radius 2 is 1.89 bits per heavy atom. The average Bonchev–Trinajstić information content (AvgIpc) is 2.84. The maximum absolute atomic E-state index is 13.3. The van der Waals surface area contributed by atoms with Crippen molar-refractivity contribution in [1.29, 1.82) is 0 Å². The van der Waals surface area contributed by atoms with Crippen molar-refractivity contribution in [2.45, 2.75) is 57.8 Å². The Labute approximate surface area is 166 Å². The predicted molar refractivity (Wildman–Crippen MR) is 107 cm³/mol. The lowest BCUT2D eigenvalue weighted by molar-refractivity contribution is -0.131. The van der Waals surface area contributed by atoms with Crippen LogP contribution in [0.15, 0.2) is 43.0 Å². The summed E-state index contributed by atoms with van der Waals surface area (Å²) >= 11 is 0. The molecular formula is C21H29N3O4. The molecule has 4 amide bonds. The van der Waals surface area contributed by atoms with Crippen molar-refractivity contribution in [1.82, 2.24) is 15.1 Å². The standard InChI is InChI=1S/C21H29N3O4/c1-7-11-16(22-19(26)28-21(3,4)5)18(25)24-17(14(2)23(6)20(24)27)15-12-9-8-10-13-15/h7-10,12-14,16-17H,1,11H2,2-6H3,(H,22,26)/t14-,16-,17-/m0/s1. The van der Waals surface area contributed by atoms with Gasteiger partial charge in [0, 0.05) is 7.05 Å². The number of urea groups is 1. The fourth-order valence-electron chi connectivity index (χ4n) is 3.21. The van der Waals surface area contributed by atoms with E-state index in [9.17, 15) is 14.4 Å². The van der Waals surface area contributed by atoms with E-state index < -0.39 is 35.7 Å². The van der Waals surface area contributed by atoms with E-state index in [0.717, 1.165) is 5.56 Å². The Balaban J connectivity index is 2.31. The van der Waals surface area contributed by atoms with Crippen LogP contribution in [0.1, 0.15) is 45.7 Å². The molecule has 1 aromatic rings. The van der Waals surface area contributed by atoms with Gasteiger partial charge < -0.3 is 15.0 Å². The Morgan fingerprint density at radius 1 is 1.29 bits per heavy atom. The summed E-state index contributed by atoms with van der Waals surface area (Å²) < 4.78 is 5.26. The van der Waals surface area contributed by atoms with E-state index in [1.807, 2.05) is 37.3 Å². The molecule has 0 unspecified atom stereocenters. The Morgan fingerprint density at radius 3 is 2.43 bits per heavy atom. The van der Waals surface area contributed by atoms with Crippen LogP contribution in [-0.4, -0.2) is 52.6 Å². The van der Waals surface area contributed by atoms with Gasteiger partial charge in [-0.25, -0.2) is 9.59 Å². The molecule has 1 aromatic carbocycles. The molecule has 1 saturated heterocycles. The summed E-state index contributed by atoms with van der Waals surface area (Å²) in [6.45, 7) is 10.8. The quantitative estimate of drug-likeness (QED) is 0.785. The van der Waals surface area contributed by atoms with Crippen LogP contribution in [-0.2, 0) is 9.53 Å². The van der Waals surface area contributed by atoms with Crippen molar-refractivity contribution < 1.29 is 19.1 Å². The molecule has 0 aliphatic carbocycles. The van der Waals surface area contributed by atoms with Crippen LogP contribution in [0.3, 0.4) is 0 Å². The van der Waals surface area contributed by atoms with Gasteiger partial charge in [-0.1, -0.05) is 36.4 Å². The maximum Gasteiger partial charge on any atom is 0.408 e. The van der Waals surface area contributed by atoms with Gasteiger partial charge in [0.1, 0.15) is 11.6 Å². The van der Waals surface area contributed by atoms with Crippen LogP contribution in [0.2, 0.25) is 0 Å². The van der Waals surface area contributed by atoms with Gasteiger partial charge in [-0.15, -0.1) is 6.58 Å². The fourth-order valence-corrected chi connectivity index (χ4v) is 3.21. The van der Waals surface area contributed by atoms with E-state index in [-0.39, 0.29) is 12.5 Å². The van der Waals surface area contributed by atoms with Crippen molar-refractivity contribution in [3.63, 3.8) is 0 Å². The number of carbonyl (C=O) groups excluding carboxylic acids is 3. The smallest absolute Gasteiger partial charge is 0.408 e. The van der Waals surface area contributed by atoms with Gasteiger partial charge in [-0.2, -0.15) is 0 Å². The molecule has 0 aromatic heterocycles. The monoisotopic (exact) mass is 387 g/mol. The highest BCUT2D eigenvalue weighted by Crippen LogP contribution is 2.35. The van der Waals surface area contributed by atoms with E-state index in [1.54, 1.807) is 27.8 Å². The Bertz CT molecular complexity index is 742. The topological polar surface area (TPSA) is 79.0 Å². The highest BCUT2D eigenvalue weighted by molar-refractivity contribution is 6.00. The molecule has 2 rings (SSSR count). The maximum atomic E-state index is 13.3. The molecule has 1 fully saturated rings. The lowest BCUT2D eigenvalue weighted by atomic mass is 9.99. The summed E-state index contributed by atoms with van der Waals surface area (Å²) in [5.41, 5.74) is 0.159. The molecule has 7 nitrogen and oxygen atoms in total. The second-order valence-corrected chi connectivity index (χ2v) is 7.92. The Hall–Kier alpha value is -2.83. The molecule has 7 heteroatoms. The molecule has 3 atom stereocenters. The van der Waals surface area contributed by atoms with Crippen LogP contribution >= 0.6 is 0 Å². The zero-order valence-electron chi connectivity index (χ0n) is 17.1. The van der Waals surface area contributed by atoms with Crippen molar-refractivity contribution in [3.05, 3.63) is 48.6 Å². The van der Waals surface area contributed by atoms with Crippen molar-refractivity contribution >= 4 is 18.0 Å². The summed E-state index contributed by atoms with van der Waals surface area (Å²) in [6.07, 6.45) is 1.00. The highest BCUT2D eigenvalue weighted by atomic mass is 16.6. The predicted octanol–water partition coefficient (Wildman–Crippen LogP) is 3.48. The van der Waals surface area contributed by atoms with Gasteiger partial charge in [0.15, 0.2) is 0 Å². The second-order valence-electron chi connectivity index (χ2n) is 7.92. The molecule has 1 heterocycles. The summed E-state index contributed by atoms with van der Waals surface area (Å²) in [5, 5.41) is 2.58.